The van der Waals surface area contributed by atoms with E-state index in [0.717, 1.165) is 22.3 Å². The van der Waals surface area contributed by atoms with E-state index in [1.165, 1.54) is 4.68 Å². The van der Waals surface area contributed by atoms with Crippen LogP contribution in [0.1, 0.15) is 42.1 Å². The van der Waals surface area contributed by atoms with Gasteiger partial charge in [0.25, 0.3) is 5.91 Å². The first kappa shape index (κ1) is 21.8. The minimum atomic E-state index is -0.777. The van der Waals surface area contributed by atoms with Crippen molar-refractivity contribution in [1.82, 2.24) is 20.3 Å². The summed E-state index contributed by atoms with van der Waals surface area (Å²) in [4.78, 5) is 26.1. The summed E-state index contributed by atoms with van der Waals surface area (Å²) in [7, 11) is 0. The summed E-state index contributed by atoms with van der Waals surface area (Å²) >= 11 is 0. The van der Waals surface area contributed by atoms with Crippen LogP contribution >= 0.6 is 0 Å². The molecule has 7 heteroatoms. The maximum atomic E-state index is 13.3. The number of aromatic nitrogens is 3. The van der Waals surface area contributed by atoms with Gasteiger partial charge in [0.2, 0.25) is 0 Å². The lowest BCUT2D eigenvalue weighted by atomic mass is 9.98. The van der Waals surface area contributed by atoms with E-state index in [4.69, 9.17) is 4.74 Å². The molecule has 0 saturated carbocycles. The average Bonchev–Trinajstić information content (AvgIpc) is 3.41. The Morgan fingerprint density at radius 1 is 0.941 bits per heavy atom. The SMILES string of the molecule is CC(C)C[C@@H](NC(=O)OCC1c2ccccc2-c2ccccc21)C(=O)n1nnc2ccccc21. The standard InChI is InChI=1S/C27H26N4O3/c1-17(2)15-24(26(32)31-25-14-8-7-13-23(25)29-30-31)28-27(33)34-16-22-20-11-5-3-9-18(20)19-10-4-6-12-21(19)22/h3-14,17,22,24H,15-16H2,1-2H3,(H,28,33)/t24-/m1/s1. The zero-order valence-electron chi connectivity index (χ0n) is 19.1. The summed E-state index contributed by atoms with van der Waals surface area (Å²) in [6.45, 7) is 4.19. The molecule has 1 aromatic heterocycles. The molecule has 7 nitrogen and oxygen atoms in total. The van der Waals surface area contributed by atoms with Crippen molar-refractivity contribution >= 4 is 23.0 Å². The number of nitrogens with zero attached hydrogens (tertiary/aromatic N) is 3. The van der Waals surface area contributed by atoms with E-state index in [1.807, 2.05) is 50.2 Å². The molecule has 1 aliphatic carbocycles. The van der Waals surface area contributed by atoms with Gasteiger partial charge in [0.15, 0.2) is 0 Å². The minimum absolute atomic E-state index is 0.0448. The number of rotatable bonds is 6. The van der Waals surface area contributed by atoms with Crippen molar-refractivity contribution in [2.24, 2.45) is 5.92 Å². The van der Waals surface area contributed by atoms with Crippen molar-refractivity contribution < 1.29 is 14.3 Å². The molecular formula is C27H26N4O3. The second-order valence-electron chi connectivity index (χ2n) is 8.98. The first-order valence-electron chi connectivity index (χ1n) is 11.5. The zero-order chi connectivity index (χ0) is 23.7. The Morgan fingerprint density at radius 3 is 2.24 bits per heavy atom. The van der Waals surface area contributed by atoms with Gasteiger partial charge in [-0.15, -0.1) is 5.10 Å². The molecule has 0 saturated heterocycles. The summed E-state index contributed by atoms with van der Waals surface area (Å²) in [5, 5.41) is 10.8. The van der Waals surface area contributed by atoms with Crippen molar-refractivity contribution in [3.05, 3.63) is 83.9 Å². The molecule has 5 rings (SSSR count). The third-order valence-corrected chi connectivity index (χ3v) is 6.20. The van der Waals surface area contributed by atoms with Crippen LogP contribution in [-0.2, 0) is 4.74 Å². The fourth-order valence-electron chi connectivity index (χ4n) is 4.65. The van der Waals surface area contributed by atoms with Crippen LogP contribution in [0.5, 0.6) is 0 Å². The Morgan fingerprint density at radius 2 is 1.56 bits per heavy atom. The van der Waals surface area contributed by atoms with Crippen molar-refractivity contribution in [2.75, 3.05) is 6.61 Å². The number of nitrogens with one attached hydrogen (secondary N) is 1. The number of amides is 1. The molecule has 1 aliphatic rings. The molecule has 0 bridgehead atoms. The summed E-state index contributed by atoms with van der Waals surface area (Å²) < 4.78 is 6.92. The first-order chi connectivity index (χ1) is 16.5. The van der Waals surface area contributed by atoms with E-state index in [1.54, 1.807) is 12.1 Å². The van der Waals surface area contributed by atoms with Gasteiger partial charge in [0.1, 0.15) is 18.2 Å². The van der Waals surface area contributed by atoms with E-state index in [-0.39, 0.29) is 24.3 Å². The molecule has 1 atom stereocenters. The van der Waals surface area contributed by atoms with Crippen LogP contribution in [0.2, 0.25) is 0 Å². The van der Waals surface area contributed by atoms with Gasteiger partial charge in [-0.05, 0) is 46.7 Å². The molecule has 0 spiro atoms. The Bertz CT molecular complexity index is 1320. The lowest BCUT2D eigenvalue weighted by molar-refractivity contribution is 0.0811. The van der Waals surface area contributed by atoms with Gasteiger partial charge < -0.3 is 10.1 Å². The predicted molar refractivity (Wildman–Crippen MR) is 130 cm³/mol. The van der Waals surface area contributed by atoms with Crippen molar-refractivity contribution in [1.29, 1.82) is 0 Å². The largest absolute Gasteiger partial charge is 0.449 e. The summed E-state index contributed by atoms with van der Waals surface area (Å²) in [6, 6.07) is 22.8. The lowest BCUT2D eigenvalue weighted by Crippen LogP contribution is -2.44. The molecule has 0 unspecified atom stereocenters. The van der Waals surface area contributed by atoms with Crippen molar-refractivity contribution in [2.45, 2.75) is 32.2 Å². The number of carbonyl (C=O) groups is 2. The number of alkyl carbamates (subject to hydrolysis) is 1. The normalized spacial score (nSPS) is 13.5. The van der Waals surface area contributed by atoms with E-state index in [2.05, 4.69) is 39.9 Å². The number of hydrogen-bond donors (Lipinski definition) is 1. The van der Waals surface area contributed by atoms with Crippen LogP contribution in [0.15, 0.2) is 72.8 Å². The monoisotopic (exact) mass is 454 g/mol. The van der Waals surface area contributed by atoms with Gasteiger partial charge in [-0.2, -0.15) is 4.68 Å². The number of carbonyl (C=O) groups excluding carboxylic acids is 2. The van der Waals surface area contributed by atoms with Crippen molar-refractivity contribution in [3.8, 4) is 11.1 Å². The molecule has 4 aromatic rings. The number of para-hydroxylation sites is 1. The maximum absolute atomic E-state index is 13.3. The topological polar surface area (TPSA) is 86.1 Å². The smallest absolute Gasteiger partial charge is 0.407 e. The van der Waals surface area contributed by atoms with E-state index in [0.29, 0.717) is 17.5 Å². The molecule has 0 aliphatic heterocycles. The van der Waals surface area contributed by atoms with Gasteiger partial charge in [0.05, 0.1) is 5.52 Å². The molecular weight excluding hydrogens is 428 g/mol. The Hall–Kier alpha value is -4.00. The molecule has 1 amide bonds. The quantitative estimate of drug-likeness (QED) is 0.442. The molecule has 34 heavy (non-hydrogen) atoms. The van der Waals surface area contributed by atoms with Crippen LogP contribution in [0.25, 0.3) is 22.2 Å². The second-order valence-corrected chi connectivity index (χ2v) is 8.98. The third kappa shape index (κ3) is 4.05. The molecule has 1 heterocycles. The molecule has 1 N–H and O–H groups in total. The van der Waals surface area contributed by atoms with Crippen molar-refractivity contribution in [3.63, 3.8) is 0 Å². The molecule has 172 valence electrons. The highest BCUT2D eigenvalue weighted by atomic mass is 16.5. The number of benzene rings is 3. The lowest BCUT2D eigenvalue weighted by Gasteiger charge is -2.20. The Balaban J connectivity index is 1.32. The van der Waals surface area contributed by atoms with Gasteiger partial charge >= 0.3 is 6.09 Å². The summed E-state index contributed by atoms with van der Waals surface area (Å²) in [5.41, 5.74) is 5.84. The number of ether oxygens (including phenoxy) is 1. The van der Waals surface area contributed by atoms with Crippen LogP contribution < -0.4 is 5.32 Å². The fourth-order valence-corrected chi connectivity index (χ4v) is 4.65. The summed E-state index contributed by atoms with van der Waals surface area (Å²) in [5.74, 6) is -0.204. The second kappa shape index (κ2) is 9.09. The molecule has 0 fully saturated rings. The number of fused-ring (bicyclic) bond motifs is 4. The Labute approximate surface area is 197 Å². The van der Waals surface area contributed by atoms with Crippen LogP contribution in [-0.4, -0.2) is 39.6 Å². The Kier molecular flexibility index (Phi) is 5.84. The third-order valence-electron chi connectivity index (χ3n) is 6.20. The highest BCUT2D eigenvalue weighted by Gasteiger charge is 2.30. The number of hydrogen-bond acceptors (Lipinski definition) is 5. The van der Waals surface area contributed by atoms with Gasteiger partial charge in [-0.3, -0.25) is 4.79 Å². The van der Waals surface area contributed by atoms with Crippen LogP contribution in [0.4, 0.5) is 4.79 Å². The first-order valence-corrected chi connectivity index (χ1v) is 11.5. The van der Waals surface area contributed by atoms with Gasteiger partial charge in [-0.25, -0.2) is 4.79 Å². The summed E-state index contributed by atoms with van der Waals surface area (Å²) in [6.07, 6.45) is -0.165. The fraction of sp³-hybridized carbons (Fsp3) is 0.259. The van der Waals surface area contributed by atoms with E-state index in [9.17, 15) is 9.59 Å². The van der Waals surface area contributed by atoms with Gasteiger partial charge in [0, 0.05) is 5.92 Å². The molecule has 0 radical (unpaired) electrons. The van der Waals surface area contributed by atoms with Crippen LogP contribution in [0.3, 0.4) is 0 Å². The average molecular weight is 455 g/mol. The van der Waals surface area contributed by atoms with Gasteiger partial charge in [-0.1, -0.05) is 79.7 Å². The highest BCUT2D eigenvalue weighted by molar-refractivity contribution is 5.93. The predicted octanol–water partition coefficient (Wildman–Crippen LogP) is 5.02. The highest BCUT2D eigenvalue weighted by Crippen LogP contribution is 2.44. The van der Waals surface area contributed by atoms with Crippen LogP contribution in [0, 0.1) is 5.92 Å². The maximum Gasteiger partial charge on any atom is 0.407 e. The zero-order valence-corrected chi connectivity index (χ0v) is 19.1. The van der Waals surface area contributed by atoms with E-state index >= 15 is 0 Å². The molecule has 3 aromatic carbocycles. The van der Waals surface area contributed by atoms with E-state index < -0.39 is 12.1 Å². The minimum Gasteiger partial charge on any atom is -0.449 e.